The average Bonchev–Trinajstić information content (AvgIpc) is 4.11. The zero-order valence-electron chi connectivity index (χ0n) is 42.7. The van der Waals surface area contributed by atoms with Gasteiger partial charge in [-0.2, -0.15) is 0 Å². The van der Waals surface area contributed by atoms with Gasteiger partial charge in [-0.05, 0) is 140 Å². The van der Waals surface area contributed by atoms with E-state index in [0.29, 0.717) is 63.7 Å². The number of piperidine rings is 5. The number of rotatable bonds is 11. The van der Waals surface area contributed by atoms with Gasteiger partial charge in [-0.25, -0.2) is 23.7 Å². The van der Waals surface area contributed by atoms with Crippen molar-refractivity contribution in [1.29, 1.82) is 0 Å². The average molecular weight is 1010 g/mol. The zero-order chi connectivity index (χ0) is 51.0. The number of likely N-dealkylation sites (tertiary alicyclic amines) is 3. The summed E-state index contributed by atoms with van der Waals surface area (Å²) in [5, 5.41) is 6.06. The van der Waals surface area contributed by atoms with Crippen molar-refractivity contribution in [3.63, 3.8) is 0 Å². The first kappa shape index (κ1) is 48.9. The largest absolute Gasteiger partial charge is 0.366 e. The third-order valence-electron chi connectivity index (χ3n) is 18.4. The number of amides is 5. The SMILES string of the molecule is CC(C)n1cnc2cc(-c3ccc4c(c3)N(C3CC(N5CCCCC5)C3)C(=O)C43CCN(C(=O)C4(C(F)F)CCN(C(=O)C5CCN(c6ccc([C@H]7CCC(=O)NC7=O)cn6)CC5)CC4)CC3)nc(NC3CC3)c21. The maximum absolute atomic E-state index is 15.5. The summed E-state index contributed by atoms with van der Waals surface area (Å²) in [6.07, 6.45) is 10.7. The number of pyridine rings is 2. The Labute approximate surface area is 431 Å². The number of nitrogens with zero attached hydrogens (tertiary/aromatic N) is 9. The lowest BCUT2D eigenvalue weighted by Crippen LogP contribution is -2.60. The first-order valence-electron chi connectivity index (χ1n) is 27.6. The van der Waals surface area contributed by atoms with Gasteiger partial charge in [-0.1, -0.05) is 24.6 Å². The van der Waals surface area contributed by atoms with E-state index in [9.17, 15) is 19.2 Å². The fourth-order valence-electron chi connectivity index (χ4n) is 13.5. The summed E-state index contributed by atoms with van der Waals surface area (Å²) in [5.74, 6) is -0.272. The summed E-state index contributed by atoms with van der Waals surface area (Å²) >= 11 is 0. The Bertz CT molecular complexity index is 2830. The van der Waals surface area contributed by atoms with Gasteiger partial charge in [-0.15, -0.1) is 0 Å². The molecular weight excluding hydrogens is 945 g/mol. The van der Waals surface area contributed by atoms with Crippen LogP contribution in [0.4, 0.5) is 26.1 Å². The van der Waals surface area contributed by atoms with Gasteiger partial charge in [0.25, 0.3) is 6.43 Å². The Balaban J connectivity index is 0.723. The Morgan fingerprint density at radius 1 is 0.797 bits per heavy atom. The molecule has 12 rings (SSSR count). The van der Waals surface area contributed by atoms with E-state index in [1.165, 1.54) is 19.3 Å². The molecule has 3 aromatic heterocycles. The zero-order valence-corrected chi connectivity index (χ0v) is 42.7. The molecule has 8 aliphatic rings. The van der Waals surface area contributed by atoms with Crippen LogP contribution in [0.5, 0.6) is 0 Å². The number of carbonyl (C=O) groups excluding carboxylic acids is 5. The number of anilines is 3. The molecule has 2 saturated carbocycles. The maximum Gasteiger partial charge on any atom is 0.253 e. The van der Waals surface area contributed by atoms with E-state index in [1.807, 2.05) is 24.5 Å². The fraction of sp³-hybridized carbons (Fsp3) is 0.607. The molecule has 16 nitrogen and oxygen atoms in total. The third kappa shape index (κ3) is 8.59. The Morgan fingerprint density at radius 3 is 2.19 bits per heavy atom. The van der Waals surface area contributed by atoms with Crippen LogP contribution in [0.15, 0.2) is 48.9 Å². The first-order valence-corrected chi connectivity index (χ1v) is 27.6. The minimum Gasteiger partial charge on any atom is -0.366 e. The van der Waals surface area contributed by atoms with E-state index in [2.05, 4.69) is 66.9 Å². The lowest BCUT2D eigenvalue weighted by molar-refractivity contribution is -0.163. The Morgan fingerprint density at radius 2 is 1.53 bits per heavy atom. The number of carbonyl (C=O) groups is 5. The van der Waals surface area contributed by atoms with Crippen LogP contribution in [0, 0.1) is 11.3 Å². The Kier molecular flexibility index (Phi) is 12.7. The molecule has 0 radical (unpaired) electrons. The number of imidazole rings is 1. The highest BCUT2D eigenvalue weighted by Crippen LogP contribution is 2.53. The van der Waals surface area contributed by atoms with Crippen LogP contribution < -0.4 is 20.4 Å². The van der Waals surface area contributed by atoms with Crippen LogP contribution in [-0.2, 0) is 29.4 Å². The van der Waals surface area contributed by atoms with Crippen molar-refractivity contribution in [2.75, 3.05) is 67.5 Å². The molecule has 7 fully saturated rings. The van der Waals surface area contributed by atoms with Crippen molar-refractivity contribution >= 4 is 57.9 Å². The second-order valence-electron chi connectivity index (χ2n) is 23.0. The van der Waals surface area contributed by atoms with Gasteiger partial charge in [0, 0.05) is 93.2 Å². The molecule has 5 saturated heterocycles. The molecular formula is C56H69F2N11O5. The summed E-state index contributed by atoms with van der Waals surface area (Å²) in [7, 11) is 0. The number of nitrogens with one attached hydrogen (secondary N) is 2. The van der Waals surface area contributed by atoms with Crippen molar-refractivity contribution in [2.45, 2.75) is 152 Å². The van der Waals surface area contributed by atoms with Gasteiger partial charge >= 0.3 is 0 Å². The van der Waals surface area contributed by atoms with Crippen LogP contribution in [0.2, 0.25) is 0 Å². The minimum absolute atomic E-state index is 0.0391. The Hall–Kier alpha value is -6.04. The molecule has 5 amide bonds. The fourth-order valence-corrected chi connectivity index (χ4v) is 13.5. The van der Waals surface area contributed by atoms with Crippen LogP contribution >= 0.6 is 0 Å². The van der Waals surface area contributed by atoms with Crippen molar-refractivity contribution in [1.82, 2.24) is 39.5 Å². The molecule has 2 aliphatic carbocycles. The summed E-state index contributed by atoms with van der Waals surface area (Å²) < 4.78 is 33.1. The van der Waals surface area contributed by atoms with Crippen molar-refractivity contribution in [2.24, 2.45) is 11.3 Å². The number of fused-ring (bicyclic) bond motifs is 3. The van der Waals surface area contributed by atoms with E-state index < -0.39 is 29.1 Å². The lowest BCUT2D eigenvalue weighted by atomic mass is 9.72. The highest BCUT2D eigenvalue weighted by molar-refractivity contribution is 6.09. The predicted molar refractivity (Wildman–Crippen MR) is 276 cm³/mol. The van der Waals surface area contributed by atoms with Gasteiger partial charge in [0.2, 0.25) is 29.5 Å². The van der Waals surface area contributed by atoms with Crippen LogP contribution in [0.3, 0.4) is 0 Å². The maximum atomic E-state index is 15.5. The van der Waals surface area contributed by atoms with Crippen molar-refractivity contribution in [3.8, 4) is 11.3 Å². The molecule has 1 atom stereocenters. The van der Waals surface area contributed by atoms with Gasteiger partial charge in [-0.3, -0.25) is 29.3 Å². The topological polar surface area (TPSA) is 169 Å². The van der Waals surface area contributed by atoms with E-state index >= 15 is 13.6 Å². The predicted octanol–water partition coefficient (Wildman–Crippen LogP) is 7.18. The first-order chi connectivity index (χ1) is 35.8. The highest BCUT2D eigenvalue weighted by atomic mass is 19.3. The number of benzene rings is 1. The van der Waals surface area contributed by atoms with Crippen molar-refractivity contribution in [3.05, 3.63) is 60.0 Å². The van der Waals surface area contributed by atoms with Gasteiger partial charge in [0.1, 0.15) is 16.7 Å². The molecule has 2 N–H and O–H groups in total. The summed E-state index contributed by atoms with van der Waals surface area (Å²) in [6, 6.07) is 13.1. The van der Waals surface area contributed by atoms with E-state index in [1.54, 1.807) is 16.0 Å². The number of hydrogen-bond donors (Lipinski definition) is 2. The van der Waals surface area contributed by atoms with E-state index in [0.717, 1.165) is 89.5 Å². The summed E-state index contributed by atoms with van der Waals surface area (Å²) in [4.78, 5) is 92.4. The monoisotopic (exact) mass is 1010 g/mol. The molecule has 392 valence electrons. The lowest BCUT2D eigenvalue weighted by Gasteiger charge is -2.48. The van der Waals surface area contributed by atoms with Gasteiger partial charge in [0.15, 0.2) is 5.82 Å². The quantitative estimate of drug-likeness (QED) is 0.146. The van der Waals surface area contributed by atoms with Crippen molar-refractivity contribution < 1.29 is 32.8 Å². The molecule has 74 heavy (non-hydrogen) atoms. The number of hydrogen-bond acceptors (Lipinski definition) is 11. The number of alkyl halides is 2. The van der Waals surface area contributed by atoms with Crippen LogP contribution in [0.1, 0.15) is 133 Å². The number of aromatic nitrogens is 4. The highest BCUT2D eigenvalue weighted by Gasteiger charge is 2.58. The molecule has 0 unspecified atom stereocenters. The normalized spacial score (nSPS) is 25.5. The molecule has 1 spiro atoms. The standard InChI is InChI=1S/C56H69F2N11O5/c1-34(2)68-33-60-44-31-43(62-49(48(44)68)61-38-8-9-38)36-6-11-42-45(28-36)69(40-29-39(30-40)64-20-4-3-5-21-64)54(74)55(42)16-26-67(27-17-55)53(73)56(52(57)58)18-24-66(25-19-56)51(72)35-14-22-65(23-15-35)46-12-7-37(32-59-46)41-10-13-47(70)63-50(41)71/h6-7,11-12,28,31-35,38-41,52H,3-5,8-10,13-27,29-30H2,1-2H3,(H,61,62)(H,63,70,71)/t39?,40?,41-/m1/s1. The van der Waals surface area contributed by atoms with E-state index in [-0.39, 0.29) is 80.7 Å². The third-order valence-corrected chi connectivity index (χ3v) is 18.4. The van der Waals surface area contributed by atoms with E-state index in [4.69, 9.17) is 9.97 Å². The van der Waals surface area contributed by atoms with Crippen LogP contribution in [0.25, 0.3) is 22.3 Å². The second-order valence-corrected chi connectivity index (χ2v) is 23.0. The molecule has 18 heteroatoms. The smallest absolute Gasteiger partial charge is 0.253 e. The molecule has 0 bridgehead atoms. The van der Waals surface area contributed by atoms with Gasteiger partial charge < -0.3 is 34.4 Å². The number of halogens is 2. The molecule has 9 heterocycles. The summed E-state index contributed by atoms with van der Waals surface area (Å²) in [5.41, 5.74) is 3.34. The molecule has 6 aliphatic heterocycles. The van der Waals surface area contributed by atoms with Gasteiger partial charge in [0.05, 0.1) is 28.9 Å². The minimum atomic E-state index is -2.90. The molecule has 4 aromatic rings. The summed E-state index contributed by atoms with van der Waals surface area (Å²) in [6.45, 7) is 8.21. The second kappa shape index (κ2) is 19.3. The van der Waals surface area contributed by atoms with Crippen LogP contribution in [-0.4, -0.2) is 141 Å². The molecule has 1 aromatic carbocycles. The number of imide groups is 1.